The zero-order chi connectivity index (χ0) is 29.0. The van der Waals surface area contributed by atoms with E-state index in [0.29, 0.717) is 15.6 Å². The van der Waals surface area contributed by atoms with Crippen molar-refractivity contribution < 1.29 is 36.6 Å². The summed E-state index contributed by atoms with van der Waals surface area (Å²) in [5.74, 6) is -13.9. The Balaban J connectivity index is 1.75. The maximum atomic E-state index is 14.3. The lowest BCUT2D eigenvalue weighted by molar-refractivity contribution is -0.126. The summed E-state index contributed by atoms with van der Waals surface area (Å²) in [5, 5.41) is 13.0. The first kappa shape index (κ1) is 28.9. The van der Waals surface area contributed by atoms with E-state index in [-0.39, 0.29) is 24.3 Å². The normalized spacial score (nSPS) is 11.7. The van der Waals surface area contributed by atoms with Crippen LogP contribution in [0.4, 0.5) is 33.3 Å². The molecule has 2 amide bonds. The van der Waals surface area contributed by atoms with E-state index in [1.165, 1.54) is 18.2 Å². The average molecular weight is 619 g/mol. The lowest BCUT2D eigenvalue weighted by Gasteiger charge is -2.28. The van der Waals surface area contributed by atoms with Crippen molar-refractivity contribution in [1.29, 1.82) is 0 Å². The molecular weight excluding hydrogens is 599 g/mol. The molecule has 0 saturated carbocycles. The fourth-order valence-electron chi connectivity index (χ4n) is 3.98. The Morgan fingerprint density at radius 1 is 0.775 bits per heavy atom. The minimum Gasteiger partial charge on any atom is -0.383 e. The van der Waals surface area contributed by atoms with Crippen molar-refractivity contribution in [3.05, 3.63) is 129 Å². The summed E-state index contributed by atoms with van der Waals surface area (Å²) in [7, 11) is 0. The first-order chi connectivity index (χ1) is 19.1. The molecule has 2 N–H and O–H groups in total. The third-order valence-corrected chi connectivity index (χ3v) is 6.44. The van der Waals surface area contributed by atoms with Gasteiger partial charge in [0.25, 0.3) is 11.8 Å². The molecule has 206 valence electrons. The molecule has 0 bridgehead atoms. The van der Waals surface area contributed by atoms with E-state index in [1.807, 2.05) is 0 Å². The Morgan fingerprint density at radius 2 is 1.30 bits per heavy atom. The highest BCUT2D eigenvalue weighted by atomic mass is 79.9. The number of amides is 2. The van der Waals surface area contributed by atoms with Crippen molar-refractivity contribution in [3.8, 4) is 0 Å². The molecule has 0 fully saturated rings. The van der Waals surface area contributed by atoms with E-state index < -0.39 is 52.6 Å². The van der Waals surface area contributed by atoms with E-state index in [4.69, 9.17) is 0 Å². The number of anilines is 2. The Morgan fingerprint density at radius 3 is 1.88 bits per heavy atom. The summed E-state index contributed by atoms with van der Waals surface area (Å²) in [6.45, 7) is -0.0899. The van der Waals surface area contributed by atoms with Crippen LogP contribution in [0.2, 0.25) is 0 Å². The van der Waals surface area contributed by atoms with Crippen molar-refractivity contribution >= 4 is 39.1 Å². The van der Waals surface area contributed by atoms with Gasteiger partial charge in [0.05, 0.1) is 17.9 Å². The predicted molar refractivity (Wildman–Crippen MR) is 142 cm³/mol. The molecule has 0 aliphatic heterocycles. The predicted octanol–water partition coefficient (Wildman–Crippen LogP) is 6.53. The number of aliphatic hydroxyl groups is 1. The smallest absolute Gasteiger partial charge is 0.261 e. The second-order valence-corrected chi connectivity index (χ2v) is 9.59. The number of carbonyl (C=O) groups is 2. The van der Waals surface area contributed by atoms with Crippen LogP contribution in [0.3, 0.4) is 0 Å². The third kappa shape index (κ3) is 6.21. The lowest BCUT2D eigenvalue weighted by atomic mass is 10.1. The molecule has 11 heteroatoms. The molecule has 4 aromatic rings. The van der Waals surface area contributed by atoms with E-state index in [1.54, 1.807) is 60.7 Å². The molecule has 4 rings (SSSR count). The van der Waals surface area contributed by atoms with Crippen LogP contribution in [0.15, 0.2) is 83.3 Å². The number of carbonyl (C=O) groups excluding carboxylic acids is 2. The van der Waals surface area contributed by atoms with Gasteiger partial charge in [-0.2, -0.15) is 0 Å². The molecular formula is C29H20BrF5N2O3. The van der Waals surface area contributed by atoms with Crippen LogP contribution in [-0.4, -0.2) is 23.0 Å². The Bertz CT molecular complexity index is 1530. The number of hydrogen-bond acceptors (Lipinski definition) is 3. The second kappa shape index (κ2) is 12.4. The van der Waals surface area contributed by atoms with Crippen LogP contribution in [0.5, 0.6) is 0 Å². The summed E-state index contributed by atoms with van der Waals surface area (Å²) in [6, 6.07) is 21.5. The zero-order valence-electron chi connectivity index (χ0n) is 20.5. The number of halogens is 6. The third-order valence-electron chi connectivity index (χ3n) is 5.94. The molecule has 0 heterocycles. The average Bonchev–Trinajstić information content (AvgIpc) is 2.95. The van der Waals surface area contributed by atoms with Crippen LogP contribution in [0.1, 0.15) is 21.5 Å². The van der Waals surface area contributed by atoms with Gasteiger partial charge in [0.2, 0.25) is 5.82 Å². The molecule has 1 atom stereocenters. The van der Waals surface area contributed by atoms with E-state index in [9.17, 15) is 36.6 Å². The second-order valence-electron chi connectivity index (χ2n) is 8.68. The number of hydrogen-bond donors (Lipinski definition) is 2. The van der Waals surface area contributed by atoms with Gasteiger partial charge in [-0.25, -0.2) is 22.0 Å². The van der Waals surface area contributed by atoms with E-state index in [2.05, 4.69) is 21.2 Å². The van der Waals surface area contributed by atoms with Gasteiger partial charge in [-0.1, -0.05) is 76.6 Å². The standard InChI is InChI=1S/C29H20BrF5N2O3/c30-18-11-12-19(36-28(39)22-23(31)25(33)27(35)26(34)24(22)32)20(14-18)37(15-17-9-5-2-6-10-17)29(40)21(38)13-16-7-3-1-4-8-16/h1-12,14,21,38H,13,15H2,(H,36,39). The fourth-order valence-corrected chi connectivity index (χ4v) is 4.32. The van der Waals surface area contributed by atoms with Crippen molar-refractivity contribution in [2.24, 2.45) is 0 Å². The molecule has 4 aromatic carbocycles. The van der Waals surface area contributed by atoms with Crippen LogP contribution in [-0.2, 0) is 17.8 Å². The van der Waals surface area contributed by atoms with Gasteiger partial charge < -0.3 is 15.3 Å². The number of rotatable bonds is 8. The summed E-state index contributed by atoms with van der Waals surface area (Å²) >= 11 is 3.28. The van der Waals surface area contributed by atoms with Gasteiger partial charge in [0, 0.05) is 10.9 Å². The summed E-state index contributed by atoms with van der Waals surface area (Å²) in [6.07, 6.45) is -1.56. The first-order valence-electron chi connectivity index (χ1n) is 11.8. The lowest BCUT2D eigenvalue weighted by Crippen LogP contribution is -2.40. The first-order valence-corrected chi connectivity index (χ1v) is 12.6. The van der Waals surface area contributed by atoms with Gasteiger partial charge in [-0.15, -0.1) is 0 Å². The van der Waals surface area contributed by atoms with Crippen LogP contribution < -0.4 is 10.2 Å². The van der Waals surface area contributed by atoms with Crippen molar-refractivity contribution in [2.75, 3.05) is 10.2 Å². The number of nitrogens with one attached hydrogen (secondary N) is 1. The van der Waals surface area contributed by atoms with E-state index in [0.717, 1.165) is 4.90 Å². The van der Waals surface area contributed by atoms with Gasteiger partial charge in [-0.3, -0.25) is 9.59 Å². The highest BCUT2D eigenvalue weighted by molar-refractivity contribution is 9.10. The fraction of sp³-hybridized carbons (Fsp3) is 0.103. The number of nitrogens with zero attached hydrogens (tertiary/aromatic N) is 1. The molecule has 1 unspecified atom stereocenters. The molecule has 0 aromatic heterocycles. The molecule has 0 spiro atoms. The minimum atomic E-state index is -2.40. The maximum Gasteiger partial charge on any atom is 0.261 e. The highest BCUT2D eigenvalue weighted by Crippen LogP contribution is 2.33. The maximum absolute atomic E-state index is 14.3. The Kier molecular flexibility index (Phi) is 8.96. The number of aliphatic hydroxyl groups excluding tert-OH is 1. The number of benzene rings is 4. The molecule has 0 saturated heterocycles. The highest BCUT2D eigenvalue weighted by Gasteiger charge is 2.31. The van der Waals surface area contributed by atoms with Crippen molar-refractivity contribution in [2.45, 2.75) is 19.1 Å². The topological polar surface area (TPSA) is 69.6 Å². The van der Waals surface area contributed by atoms with Gasteiger partial charge in [0.15, 0.2) is 23.3 Å². The molecule has 0 aliphatic rings. The monoisotopic (exact) mass is 618 g/mol. The van der Waals surface area contributed by atoms with Gasteiger partial charge in [0.1, 0.15) is 11.7 Å². The summed E-state index contributed by atoms with van der Waals surface area (Å²) < 4.78 is 70.1. The van der Waals surface area contributed by atoms with Crippen molar-refractivity contribution in [1.82, 2.24) is 0 Å². The molecule has 0 aliphatic carbocycles. The van der Waals surface area contributed by atoms with Crippen LogP contribution >= 0.6 is 15.9 Å². The molecule has 40 heavy (non-hydrogen) atoms. The minimum absolute atomic E-state index is 0.00689. The van der Waals surface area contributed by atoms with Crippen LogP contribution in [0.25, 0.3) is 0 Å². The summed E-state index contributed by atoms with van der Waals surface area (Å²) in [5.41, 5.74) is -0.562. The Hall–Kier alpha value is -4.09. The quantitative estimate of drug-likeness (QED) is 0.134. The van der Waals surface area contributed by atoms with E-state index >= 15 is 0 Å². The van der Waals surface area contributed by atoms with Gasteiger partial charge >= 0.3 is 0 Å². The van der Waals surface area contributed by atoms with Crippen LogP contribution in [0, 0.1) is 29.1 Å². The molecule has 0 radical (unpaired) electrons. The molecule has 5 nitrogen and oxygen atoms in total. The zero-order valence-corrected chi connectivity index (χ0v) is 22.1. The van der Waals surface area contributed by atoms with Gasteiger partial charge in [-0.05, 0) is 29.3 Å². The largest absolute Gasteiger partial charge is 0.383 e. The van der Waals surface area contributed by atoms with Crippen molar-refractivity contribution in [3.63, 3.8) is 0 Å². The Labute approximate surface area is 234 Å². The SMILES string of the molecule is O=C(Nc1ccc(Br)cc1N(Cc1ccccc1)C(=O)C(O)Cc1ccccc1)c1c(F)c(F)c(F)c(F)c1F. The summed E-state index contributed by atoms with van der Waals surface area (Å²) in [4.78, 5) is 27.6.